The fourth-order valence-corrected chi connectivity index (χ4v) is 3.94. The molecule has 2 aromatic carbocycles. The highest BCUT2D eigenvalue weighted by atomic mass is 16.2. The van der Waals surface area contributed by atoms with E-state index in [-0.39, 0.29) is 6.03 Å². The molecule has 3 aromatic rings. The number of nitrogen functional groups attached to an aromatic ring is 1. The van der Waals surface area contributed by atoms with Gasteiger partial charge in [-0.05, 0) is 61.2 Å². The fourth-order valence-electron chi connectivity index (χ4n) is 3.94. The number of hydrogen-bond acceptors (Lipinski definition) is 4. The zero-order chi connectivity index (χ0) is 22.5. The Balaban J connectivity index is 1.23. The topological polar surface area (TPSA) is 74.5 Å². The van der Waals surface area contributed by atoms with Gasteiger partial charge in [-0.25, -0.2) is 9.78 Å². The largest absolute Gasteiger partial charge is 0.384 e. The lowest BCUT2D eigenvalue weighted by atomic mass is 10.1. The Morgan fingerprint density at radius 1 is 0.969 bits per heavy atom. The van der Waals surface area contributed by atoms with E-state index < -0.39 is 0 Å². The molecule has 0 radical (unpaired) electrons. The molecular formula is C26H31N5O. The fraction of sp³-hybridized carbons (Fsp3) is 0.308. The maximum absolute atomic E-state index is 12.6. The minimum Gasteiger partial charge on any atom is -0.384 e. The van der Waals surface area contributed by atoms with Crippen LogP contribution in [0.25, 0.3) is 11.3 Å². The number of nitrogens with zero attached hydrogens (tertiary/aromatic N) is 3. The number of piperazine rings is 1. The average Bonchev–Trinajstić information content (AvgIpc) is 2.81. The lowest BCUT2D eigenvalue weighted by molar-refractivity contribution is 0.148. The van der Waals surface area contributed by atoms with Gasteiger partial charge in [-0.1, -0.05) is 36.4 Å². The van der Waals surface area contributed by atoms with Crippen molar-refractivity contribution >= 4 is 17.5 Å². The number of hydrogen-bond donors (Lipinski definition) is 2. The summed E-state index contributed by atoms with van der Waals surface area (Å²) in [6, 6.07) is 20.2. The van der Waals surface area contributed by atoms with Crippen molar-refractivity contribution < 1.29 is 4.79 Å². The van der Waals surface area contributed by atoms with Crippen molar-refractivity contribution in [2.45, 2.75) is 20.3 Å². The molecule has 2 heterocycles. The first-order chi connectivity index (χ1) is 15.5. The van der Waals surface area contributed by atoms with Crippen molar-refractivity contribution in [3.05, 3.63) is 77.4 Å². The summed E-state index contributed by atoms with van der Waals surface area (Å²) in [6.45, 7) is 8.41. The van der Waals surface area contributed by atoms with Gasteiger partial charge < -0.3 is 16.0 Å². The third kappa shape index (κ3) is 5.45. The van der Waals surface area contributed by atoms with Crippen LogP contribution in [-0.2, 0) is 6.42 Å². The molecule has 0 atom stereocenters. The van der Waals surface area contributed by atoms with E-state index in [2.05, 4.69) is 53.3 Å². The number of urea groups is 1. The second-order valence-electron chi connectivity index (χ2n) is 8.45. The molecule has 166 valence electrons. The number of nitrogens with two attached hydrogens (primary N) is 1. The predicted octanol–water partition coefficient (Wildman–Crippen LogP) is 4.34. The molecule has 4 rings (SSSR count). The van der Waals surface area contributed by atoms with Gasteiger partial charge in [0.05, 0.1) is 5.69 Å². The highest BCUT2D eigenvalue weighted by Gasteiger charge is 2.21. The molecule has 0 unspecified atom stereocenters. The number of aryl methyl sites for hydroxylation is 2. The minimum atomic E-state index is -0.0151. The zero-order valence-corrected chi connectivity index (χ0v) is 18.8. The standard InChI is InChI=1S/C26H31N5O/c1-19-6-11-23(18-20(19)2)28-26(32)31-16-14-30(15-17-31)13-12-21-7-9-22(10-8-21)24-4-3-5-25(27)29-24/h3-11,18H,12-17H2,1-2H3,(H2,27,29)(H,28,32). The summed E-state index contributed by atoms with van der Waals surface area (Å²) in [7, 11) is 0. The SMILES string of the molecule is Cc1ccc(NC(=O)N2CCN(CCc3ccc(-c4cccc(N)n4)cc3)CC2)cc1C. The Morgan fingerprint density at radius 3 is 2.41 bits per heavy atom. The summed E-state index contributed by atoms with van der Waals surface area (Å²) in [5.41, 5.74) is 12.3. The summed E-state index contributed by atoms with van der Waals surface area (Å²) in [5, 5.41) is 3.03. The lowest BCUT2D eigenvalue weighted by Gasteiger charge is -2.34. The molecule has 1 saturated heterocycles. The summed E-state index contributed by atoms with van der Waals surface area (Å²) < 4.78 is 0. The first kappa shape index (κ1) is 21.8. The molecule has 0 saturated carbocycles. The van der Waals surface area contributed by atoms with Gasteiger partial charge >= 0.3 is 6.03 Å². The van der Waals surface area contributed by atoms with Gasteiger partial charge in [-0.2, -0.15) is 0 Å². The quantitative estimate of drug-likeness (QED) is 0.633. The molecule has 2 amide bonds. The predicted molar refractivity (Wildman–Crippen MR) is 131 cm³/mol. The molecule has 1 aromatic heterocycles. The van der Waals surface area contributed by atoms with E-state index in [1.165, 1.54) is 16.7 Å². The van der Waals surface area contributed by atoms with Crippen LogP contribution < -0.4 is 11.1 Å². The van der Waals surface area contributed by atoms with E-state index in [0.29, 0.717) is 5.82 Å². The number of rotatable bonds is 5. The van der Waals surface area contributed by atoms with Crippen LogP contribution in [0.1, 0.15) is 16.7 Å². The van der Waals surface area contributed by atoms with Gasteiger partial charge in [0.25, 0.3) is 0 Å². The van der Waals surface area contributed by atoms with E-state index in [9.17, 15) is 4.79 Å². The van der Waals surface area contributed by atoms with Crippen LogP contribution >= 0.6 is 0 Å². The van der Waals surface area contributed by atoms with Crippen molar-refractivity contribution in [3.63, 3.8) is 0 Å². The number of aromatic nitrogens is 1. The molecule has 0 spiro atoms. The molecule has 1 aliphatic heterocycles. The van der Waals surface area contributed by atoms with Crippen LogP contribution in [0.4, 0.5) is 16.3 Å². The number of pyridine rings is 1. The molecular weight excluding hydrogens is 398 g/mol. The van der Waals surface area contributed by atoms with Gasteiger partial charge in [0.1, 0.15) is 5.82 Å². The van der Waals surface area contributed by atoms with Crippen molar-refractivity contribution in [1.82, 2.24) is 14.8 Å². The van der Waals surface area contributed by atoms with Gasteiger partial charge in [-0.3, -0.25) is 4.90 Å². The Kier molecular flexibility index (Phi) is 6.71. The van der Waals surface area contributed by atoms with E-state index >= 15 is 0 Å². The first-order valence-electron chi connectivity index (χ1n) is 11.2. The highest BCUT2D eigenvalue weighted by molar-refractivity contribution is 5.89. The van der Waals surface area contributed by atoms with Crippen molar-refractivity contribution in [3.8, 4) is 11.3 Å². The van der Waals surface area contributed by atoms with Gasteiger partial charge in [0.2, 0.25) is 0 Å². The number of carbonyl (C=O) groups is 1. The molecule has 6 heteroatoms. The molecule has 0 aliphatic carbocycles. The van der Waals surface area contributed by atoms with Crippen LogP contribution in [0.5, 0.6) is 0 Å². The average molecular weight is 430 g/mol. The number of amides is 2. The normalized spacial score (nSPS) is 14.4. The molecule has 3 N–H and O–H groups in total. The van der Waals surface area contributed by atoms with E-state index in [1.54, 1.807) is 6.07 Å². The maximum atomic E-state index is 12.6. The Morgan fingerprint density at radius 2 is 1.72 bits per heavy atom. The Bertz CT molecular complexity index is 1070. The minimum absolute atomic E-state index is 0.0151. The molecule has 0 bridgehead atoms. The summed E-state index contributed by atoms with van der Waals surface area (Å²) in [6.07, 6.45) is 0.986. The van der Waals surface area contributed by atoms with Crippen LogP contribution in [0, 0.1) is 13.8 Å². The molecule has 32 heavy (non-hydrogen) atoms. The van der Waals surface area contributed by atoms with Crippen LogP contribution in [0.3, 0.4) is 0 Å². The maximum Gasteiger partial charge on any atom is 0.321 e. The Labute approximate surface area is 190 Å². The third-order valence-corrected chi connectivity index (χ3v) is 6.15. The van der Waals surface area contributed by atoms with E-state index in [0.717, 1.165) is 56.1 Å². The number of nitrogens with one attached hydrogen (secondary N) is 1. The van der Waals surface area contributed by atoms with Crippen molar-refractivity contribution in [2.24, 2.45) is 0 Å². The van der Waals surface area contributed by atoms with Crippen LogP contribution in [0.2, 0.25) is 0 Å². The van der Waals surface area contributed by atoms with E-state index in [4.69, 9.17) is 5.73 Å². The van der Waals surface area contributed by atoms with E-state index in [1.807, 2.05) is 35.2 Å². The monoisotopic (exact) mass is 429 g/mol. The van der Waals surface area contributed by atoms with Crippen LogP contribution in [0.15, 0.2) is 60.7 Å². The van der Waals surface area contributed by atoms with Crippen LogP contribution in [-0.4, -0.2) is 53.5 Å². The summed E-state index contributed by atoms with van der Waals surface area (Å²) in [4.78, 5) is 21.3. The van der Waals surface area contributed by atoms with Gasteiger partial charge in [0.15, 0.2) is 0 Å². The van der Waals surface area contributed by atoms with Crippen molar-refractivity contribution in [2.75, 3.05) is 43.8 Å². The highest BCUT2D eigenvalue weighted by Crippen LogP contribution is 2.19. The smallest absolute Gasteiger partial charge is 0.321 e. The first-order valence-corrected chi connectivity index (χ1v) is 11.2. The summed E-state index contributed by atoms with van der Waals surface area (Å²) >= 11 is 0. The number of benzene rings is 2. The third-order valence-electron chi connectivity index (χ3n) is 6.15. The van der Waals surface area contributed by atoms with Gasteiger partial charge in [-0.15, -0.1) is 0 Å². The molecule has 6 nitrogen and oxygen atoms in total. The number of carbonyl (C=O) groups excluding carboxylic acids is 1. The second kappa shape index (κ2) is 9.83. The summed E-state index contributed by atoms with van der Waals surface area (Å²) in [5.74, 6) is 0.536. The number of anilines is 2. The molecule has 1 aliphatic rings. The molecule has 1 fully saturated rings. The zero-order valence-electron chi connectivity index (χ0n) is 18.8. The lowest BCUT2D eigenvalue weighted by Crippen LogP contribution is -2.50. The van der Waals surface area contributed by atoms with Crippen molar-refractivity contribution in [1.29, 1.82) is 0 Å². The second-order valence-corrected chi connectivity index (χ2v) is 8.45. The Hall–Kier alpha value is -3.38. The van der Waals surface area contributed by atoms with Gasteiger partial charge in [0, 0.05) is 44.0 Å².